The average Bonchev–Trinajstić information content (AvgIpc) is 3.13. The highest BCUT2D eigenvalue weighted by molar-refractivity contribution is 6.07. The number of hydrogen-bond acceptors (Lipinski definition) is 5. The van der Waals surface area contributed by atoms with E-state index in [1.807, 2.05) is 107 Å². The Labute approximate surface area is 278 Å². The molecule has 2 amide bonds. The van der Waals surface area contributed by atoms with Gasteiger partial charge >= 0.3 is 0 Å². The number of benzene rings is 4. The van der Waals surface area contributed by atoms with Crippen LogP contribution in [-0.4, -0.2) is 38.1 Å². The van der Waals surface area contributed by atoms with Gasteiger partial charge in [0.25, 0.3) is 11.8 Å². The minimum Gasteiger partial charge on any atom is -0.497 e. The zero-order valence-corrected chi connectivity index (χ0v) is 27.4. The summed E-state index contributed by atoms with van der Waals surface area (Å²) in [7, 11) is 3.25. The molecule has 4 aromatic carbocycles. The third kappa shape index (κ3) is 7.62. The molecule has 4 aromatic rings. The van der Waals surface area contributed by atoms with Gasteiger partial charge in [-0.1, -0.05) is 50.7 Å². The van der Waals surface area contributed by atoms with Gasteiger partial charge in [-0.05, 0) is 98.5 Å². The SMILES string of the molecule is COc1ccc(C(=O)N(c2cccc(Oc3cccc(N(C(=O)c4ccc(OC)cc4)C4CCCCC4)c3)c2)C2CCCCC2)cc1. The summed E-state index contributed by atoms with van der Waals surface area (Å²) in [4.78, 5) is 31.9. The highest BCUT2D eigenvalue weighted by Crippen LogP contribution is 2.35. The fraction of sp³-hybridized carbons (Fsp3) is 0.350. The van der Waals surface area contributed by atoms with Crippen LogP contribution in [-0.2, 0) is 0 Å². The molecule has 2 fully saturated rings. The van der Waals surface area contributed by atoms with E-state index >= 15 is 0 Å². The summed E-state index contributed by atoms with van der Waals surface area (Å²) in [5, 5.41) is 0. The Morgan fingerprint density at radius 2 is 0.894 bits per heavy atom. The summed E-state index contributed by atoms with van der Waals surface area (Å²) < 4.78 is 17.1. The van der Waals surface area contributed by atoms with Crippen LogP contribution in [0, 0.1) is 0 Å². The minimum absolute atomic E-state index is 0.0288. The van der Waals surface area contributed by atoms with Crippen LogP contribution in [0.3, 0.4) is 0 Å². The van der Waals surface area contributed by atoms with Crippen molar-refractivity contribution in [3.63, 3.8) is 0 Å². The van der Waals surface area contributed by atoms with E-state index in [0.29, 0.717) is 22.6 Å². The number of anilines is 2. The molecule has 6 rings (SSSR count). The summed E-state index contributed by atoms with van der Waals surface area (Å²) in [6.07, 6.45) is 10.7. The number of ether oxygens (including phenoxy) is 3. The van der Waals surface area contributed by atoms with Crippen molar-refractivity contribution >= 4 is 23.2 Å². The molecule has 47 heavy (non-hydrogen) atoms. The van der Waals surface area contributed by atoms with Gasteiger partial charge < -0.3 is 24.0 Å². The van der Waals surface area contributed by atoms with Gasteiger partial charge in [0.05, 0.1) is 14.2 Å². The lowest BCUT2D eigenvalue weighted by Crippen LogP contribution is -2.41. The van der Waals surface area contributed by atoms with E-state index < -0.39 is 0 Å². The van der Waals surface area contributed by atoms with Gasteiger partial charge in [-0.25, -0.2) is 0 Å². The molecular formula is C40H44N2O5. The zero-order valence-electron chi connectivity index (χ0n) is 27.4. The van der Waals surface area contributed by atoms with E-state index in [1.54, 1.807) is 14.2 Å². The molecule has 0 spiro atoms. The molecule has 0 heterocycles. The lowest BCUT2D eigenvalue weighted by atomic mass is 9.93. The standard InChI is InChI=1S/C40H44N2O5/c1-45-35-23-19-29(20-24-35)39(43)41(31-11-5-3-6-12-31)33-15-9-17-37(27-33)47-38-18-10-16-34(28-38)42(32-13-7-4-8-14-32)40(44)30-21-25-36(46-2)26-22-30/h9-10,15-28,31-32H,3-8,11-14H2,1-2H3. The maximum atomic E-state index is 14.0. The number of rotatable bonds is 10. The van der Waals surface area contributed by atoms with Crippen molar-refractivity contribution in [1.82, 2.24) is 0 Å². The lowest BCUT2D eigenvalue weighted by molar-refractivity contribution is 0.0962. The molecule has 0 bridgehead atoms. The van der Waals surface area contributed by atoms with Crippen LogP contribution in [0.15, 0.2) is 97.1 Å². The van der Waals surface area contributed by atoms with Crippen molar-refractivity contribution in [3.05, 3.63) is 108 Å². The highest BCUT2D eigenvalue weighted by Gasteiger charge is 2.30. The van der Waals surface area contributed by atoms with Gasteiger partial charge in [0, 0.05) is 46.7 Å². The fourth-order valence-corrected chi connectivity index (χ4v) is 6.94. The lowest BCUT2D eigenvalue weighted by Gasteiger charge is -2.35. The van der Waals surface area contributed by atoms with Crippen LogP contribution in [0.2, 0.25) is 0 Å². The predicted octanol–water partition coefficient (Wildman–Crippen LogP) is 9.46. The van der Waals surface area contributed by atoms with Crippen LogP contribution >= 0.6 is 0 Å². The Kier molecular flexibility index (Phi) is 10.4. The largest absolute Gasteiger partial charge is 0.497 e. The molecule has 0 aliphatic heterocycles. The van der Waals surface area contributed by atoms with Gasteiger partial charge in [-0.3, -0.25) is 9.59 Å². The molecule has 0 saturated heterocycles. The molecule has 2 saturated carbocycles. The molecule has 0 unspecified atom stereocenters. The molecule has 2 aliphatic rings. The first-order valence-corrected chi connectivity index (χ1v) is 16.9. The summed E-state index contributed by atoms with van der Waals surface area (Å²) >= 11 is 0. The molecule has 2 aliphatic carbocycles. The normalized spacial score (nSPS) is 15.4. The van der Waals surface area contributed by atoms with E-state index in [1.165, 1.54) is 12.8 Å². The maximum Gasteiger partial charge on any atom is 0.258 e. The van der Waals surface area contributed by atoms with Crippen molar-refractivity contribution in [2.45, 2.75) is 76.3 Å². The Morgan fingerprint density at radius 3 is 1.26 bits per heavy atom. The Balaban J connectivity index is 1.28. The number of hydrogen-bond donors (Lipinski definition) is 0. The van der Waals surface area contributed by atoms with Gasteiger partial charge in [-0.2, -0.15) is 0 Å². The van der Waals surface area contributed by atoms with Gasteiger partial charge in [0.15, 0.2) is 0 Å². The number of nitrogens with zero attached hydrogens (tertiary/aromatic N) is 2. The Hall–Kier alpha value is -4.78. The minimum atomic E-state index is -0.0288. The van der Waals surface area contributed by atoms with Crippen LogP contribution in [0.25, 0.3) is 0 Å². The van der Waals surface area contributed by atoms with Gasteiger partial charge in [0.1, 0.15) is 23.0 Å². The van der Waals surface area contributed by atoms with E-state index in [2.05, 4.69) is 0 Å². The van der Waals surface area contributed by atoms with Crippen molar-refractivity contribution in [2.24, 2.45) is 0 Å². The first-order valence-electron chi connectivity index (χ1n) is 16.9. The van der Waals surface area contributed by atoms with E-state index in [9.17, 15) is 9.59 Å². The molecule has 7 nitrogen and oxygen atoms in total. The summed E-state index contributed by atoms with van der Waals surface area (Å²) in [5.41, 5.74) is 2.87. The number of amides is 2. The second kappa shape index (κ2) is 15.2. The smallest absolute Gasteiger partial charge is 0.258 e. The summed E-state index contributed by atoms with van der Waals surface area (Å²) in [5.74, 6) is 2.65. The summed E-state index contributed by atoms with van der Waals surface area (Å²) in [6, 6.07) is 30.4. The van der Waals surface area contributed by atoms with Crippen LogP contribution < -0.4 is 24.0 Å². The highest BCUT2D eigenvalue weighted by atomic mass is 16.5. The first-order chi connectivity index (χ1) is 23.0. The van der Waals surface area contributed by atoms with Gasteiger partial charge in [0.2, 0.25) is 0 Å². The molecular weight excluding hydrogens is 588 g/mol. The number of methoxy groups -OCH3 is 2. The van der Waals surface area contributed by atoms with Gasteiger partial charge in [-0.15, -0.1) is 0 Å². The molecule has 0 atom stereocenters. The van der Waals surface area contributed by atoms with Crippen molar-refractivity contribution < 1.29 is 23.8 Å². The van der Waals surface area contributed by atoms with E-state index in [-0.39, 0.29) is 23.9 Å². The predicted molar refractivity (Wildman–Crippen MR) is 186 cm³/mol. The topological polar surface area (TPSA) is 68.3 Å². The fourth-order valence-electron chi connectivity index (χ4n) is 6.94. The van der Waals surface area contributed by atoms with E-state index in [4.69, 9.17) is 14.2 Å². The quantitative estimate of drug-likeness (QED) is 0.174. The Morgan fingerprint density at radius 1 is 0.511 bits per heavy atom. The molecule has 0 radical (unpaired) electrons. The molecule has 7 heteroatoms. The summed E-state index contributed by atoms with van der Waals surface area (Å²) in [6.45, 7) is 0. The van der Waals surface area contributed by atoms with Crippen molar-refractivity contribution in [1.29, 1.82) is 0 Å². The van der Waals surface area contributed by atoms with Crippen LogP contribution in [0.1, 0.15) is 84.9 Å². The number of carbonyl (C=O) groups excluding carboxylic acids is 2. The van der Waals surface area contributed by atoms with Crippen molar-refractivity contribution in [2.75, 3.05) is 24.0 Å². The molecule has 0 N–H and O–H groups in total. The molecule has 244 valence electrons. The van der Waals surface area contributed by atoms with Crippen LogP contribution in [0.4, 0.5) is 11.4 Å². The second-order valence-corrected chi connectivity index (χ2v) is 12.5. The third-order valence-corrected chi connectivity index (χ3v) is 9.42. The zero-order chi connectivity index (χ0) is 32.6. The maximum absolute atomic E-state index is 14.0. The Bertz CT molecular complexity index is 1520. The monoisotopic (exact) mass is 632 g/mol. The third-order valence-electron chi connectivity index (χ3n) is 9.42. The van der Waals surface area contributed by atoms with E-state index in [0.717, 1.165) is 74.2 Å². The number of carbonyl (C=O) groups is 2. The van der Waals surface area contributed by atoms with Crippen LogP contribution in [0.5, 0.6) is 23.0 Å². The average molecular weight is 633 g/mol. The van der Waals surface area contributed by atoms with Crippen molar-refractivity contribution in [3.8, 4) is 23.0 Å². The first kappa shape index (κ1) is 32.2. The second-order valence-electron chi connectivity index (χ2n) is 12.5. The molecule has 0 aromatic heterocycles.